The van der Waals surface area contributed by atoms with Gasteiger partial charge in [-0.05, 0) is 35.3 Å². The zero-order valence-corrected chi connectivity index (χ0v) is 17.6. The van der Waals surface area contributed by atoms with E-state index < -0.39 is 0 Å². The Bertz CT molecular complexity index is 1090. The van der Waals surface area contributed by atoms with Crippen LogP contribution in [0.3, 0.4) is 0 Å². The fraction of sp³-hybridized carbons (Fsp3) is 0.320. The summed E-state index contributed by atoms with van der Waals surface area (Å²) in [6.45, 7) is 6.27. The number of hydrogen-bond acceptors (Lipinski definition) is 3. The Morgan fingerprint density at radius 2 is 1.73 bits per heavy atom. The molecule has 1 unspecified atom stereocenters. The van der Waals surface area contributed by atoms with E-state index >= 15 is 0 Å². The maximum absolute atomic E-state index is 13.1. The number of carbonyl (C=O) groups is 1. The van der Waals surface area contributed by atoms with Crippen LogP contribution < -0.4 is 10.9 Å². The average Bonchev–Trinajstić information content (AvgIpc) is 3.57. The van der Waals surface area contributed by atoms with Crippen LogP contribution >= 0.6 is 0 Å². The number of hydrogen-bond donors (Lipinski definition) is 2. The lowest BCUT2D eigenvalue weighted by molar-refractivity contribution is 0.0896. The zero-order valence-electron chi connectivity index (χ0n) is 17.6. The molecular weight excluding hydrogens is 374 g/mol. The topological polar surface area (TPSA) is 74.8 Å². The van der Waals surface area contributed by atoms with E-state index in [-0.39, 0.29) is 28.6 Å². The van der Waals surface area contributed by atoms with Gasteiger partial charge in [0.25, 0.3) is 11.5 Å². The monoisotopic (exact) mass is 401 g/mol. The molecule has 2 N–H and O–H groups in total. The van der Waals surface area contributed by atoms with Crippen molar-refractivity contribution in [1.82, 2.24) is 15.3 Å². The molecule has 2 aromatic carbocycles. The van der Waals surface area contributed by atoms with Crippen LogP contribution in [0, 0.1) is 5.41 Å². The molecule has 30 heavy (non-hydrogen) atoms. The number of carbonyl (C=O) groups excluding carboxylic acids is 1. The highest BCUT2D eigenvalue weighted by Gasteiger charge is 2.30. The van der Waals surface area contributed by atoms with Gasteiger partial charge in [-0.1, -0.05) is 75.4 Å². The number of aromatic nitrogens is 2. The largest absolute Gasteiger partial charge is 0.343 e. The molecule has 1 saturated carbocycles. The second-order valence-electron chi connectivity index (χ2n) is 9.06. The van der Waals surface area contributed by atoms with Crippen molar-refractivity contribution in [1.29, 1.82) is 0 Å². The van der Waals surface area contributed by atoms with Gasteiger partial charge in [0.1, 0.15) is 11.5 Å². The quantitative estimate of drug-likeness (QED) is 0.643. The molecular formula is C25H27N3O2. The Morgan fingerprint density at radius 1 is 1.07 bits per heavy atom. The Balaban J connectivity index is 1.61. The summed E-state index contributed by atoms with van der Waals surface area (Å²) in [6.07, 6.45) is 2.52. The lowest BCUT2D eigenvalue weighted by Gasteiger charge is -2.32. The van der Waals surface area contributed by atoms with Crippen LogP contribution in [-0.4, -0.2) is 15.9 Å². The SMILES string of the molecule is CC(C)(C)C(NC(=O)c1cc(=O)[nH]c(-c2ccccc2)n1)c1ccc(C2CC2)cc1. The summed E-state index contributed by atoms with van der Waals surface area (Å²) in [5.41, 5.74) is 2.72. The highest BCUT2D eigenvalue weighted by molar-refractivity contribution is 5.93. The van der Waals surface area contributed by atoms with Crippen LogP contribution in [0.25, 0.3) is 11.4 Å². The van der Waals surface area contributed by atoms with Crippen molar-refractivity contribution < 1.29 is 4.79 Å². The Labute approximate surface area is 176 Å². The molecule has 0 radical (unpaired) electrons. The molecule has 1 aliphatic rings. The van der Waals surface area contributed by atoms with Crippen molar-refractivity contribution in [3.63, 3.8) is 0 Å². The predicted molar refractivity (Wildman–Crippen MR) is 118 cm³/mol. The fourth-order valence-corrected chi connectivity index (χ4v) is 3.69. The number of aromatic amines is 1. The first-order chi connectivity index (χ1) is 14.3. The van der Waals surface area contributed by atoms with Crippen LogP contribution in [-0.2, 0) is 0 Å². The van der Waals surface area contributed by atoms with Crippen LogP contribution in [0.4, 0.5) is 0 Å². The van der Waals surface area contributed by atoms with E-state index in [4.69, 9.17) is 0 Å². The number of rotatable bonds is 5. The smallest absolute Gasteiger partial charge is 0.270 e. The van der Waals surface area contributed by atoms with E-state index in [9.17, 15) is 9.59 Å². The maximum Gasteiger partial charge on any atom is 0.270 e. The second-order valence-corrected chi connectivity index (χ2v) is 9.06. The minimum Gasteiger partial charge on any atom is -0.343 e. The summed E-state index contributed by atoms with van der Waals surface area (Å²) in [6, 6.07) is 18.9. The molecule has 0 spiro atoms. The molecule has 5 heteroatoms. The van der Waals surface area contributed by atoms with Gasteiger partial charge in [-0.25, -0.2) is 4.98 Å². The zero-order chi connectivity index (χ0) is 21.3. The molecule has 1 atom stereocenters. The normalized spacial score (nSPS) is 14.9. The molecule has 5 nitrogen and oxygen atoms in total. The third-order valence-electron chi connectivity index (χ3n) is 5.48. The van der Waals surface area contributed by atoms with E-state index in [1.807, 2.05) is 30.3 Å². The summed E-state index contributed by atoms with van der Waals surface area (Å²) >= 11 is 0. The highest BCUT2D eigenvalue weighted by atomic mass is 16.2. The first-order valence-electron chi connectivity index (χ1n) is 10.4. The van der Waals surface area contributed by atoms with Gasteiger partial charge >= 0.3 is 0 Å². The number of benzene rings is 2. The minimum atomic E-state index is -0.357. The van der Waals surface area contributed by atoms with E-state index in [1.165, 1.54) is 24.5 Å². The summed E-state index contributed by atoms with van der Waals surface area (Å²) in [5.74, 6) is 0.720. The van der Waals surface area contributed by atoms with Gasteiger partial charge in [0.15, 0.2) is 0 Å². The van der Waals surface area contributed by atoms with Crippen molar-refractivity contribution >= 4 is 5.91 Å². The first kappa shape index (κ1) is 20.1. The van der Waals surface area contributed by atoms with Crippen molar-refractivity contribution in [3.8, 4) is 11.4 Å². The summed E-state index contributed by atoms with van der Waals surface area (Å²) in [7, 11) is 0. The Morgan fingerprint density at radius 3 is 2.33 bits per heavy atom. The van der Waals surface area contributed by atoms with E-state index in [0.717, 1.165) is 11.1 Å². The lowest BCUT2D eigenvalue weighted by atomic mass is 9.82. The Hall–Kier alpha value is -3.21. The third-order valence-corrected chi connectivity index (χ3v) is 5.48. The van der Waals surface area contributed by atoms with Gasteiger partial charge in [-0.2, -0.15) is 0 Å². The molecule has 154 valence electrons. The van der Waals surface area contributed by atoms with Crippen molar-refractivity contribution in [2.24, 2.45) is 5.41 Å². The van der Waals surface area contributed by atoms with E-state index in [0.29, 0.717) is 11.7 Å². The summed E-state index contributed by atoms with van der Waals surface area (Å²) in [4.78, 5) is 32.4. The molecule has 0 saturated heterocycles. The van der Waals surface area contributed by atoms with Gasteiger partial charge in [-0.15, -0.1) is 0 Å². The van der Waals surface area contributed by atoms with Crippen molar-refractivity contribution in [2.75, 3.05) is 0 Å². The van der Waals surface area contributed by atoms with Crippen molar-refractivity contribution in [3.05, 3.63) is 87.8 Å². The predicted octanol–water partition coefficient (Wildman–Crippen LogP) is 4.83. The van der Waals surface area contributed by atoms with Gasteiger partial charge in [0, 0.05) is 11.6 Å². The van der Waals surface area contributed by atoms with Gasteiger partial charge < -0.3 is 10.3 Å². The first-order valence-corrected chi connectivity index (χ1v) is 10.4. The summed E-state index contributed by atoms with van der Waals surface area (Å²) in [5, 5.41) is 3.11. The van der Waals surface area contributed by atoms with Crippen LogP contribution in [0.5, 0.6) is 0 Å². The highest BCUT2D eigenvalue weighted by Crippen LogP contribution is 2.41. The number of nitrogens with one attached hydrogen (secondary N) is 2. The second kappa shape index (κ2) is 7.90. The Kier molecular flexibility index (Phi) is 5.29. The molecule has 1 amide bonds. The van der Waals surface area contributed by atoms with Crippen LogP contribution in [0.2, 0.25) is 0 Å². The van der Waals surface area contributed by atoms with Gasteiger partial charge in [0.2, 0.25) is 0 Å². The average molecular weight is 402 g/mol. The molecule has 0 aliphatic heterocycles. The molecule has 0 bridgehead atoms. The molecule has 4 rings (SSSR count). The van der Waals surface area contributed by atoms with Crippen LogP contribution in [0.1, 0.15) is 67.2 Å². The fourth-order valence-electron chi connectivity index (χ4n) is 3.69. The van der Waals surface area contributed by atoms with Gasteiger partial charge in [-0.3, -0.25) is 9.59 Å². The van der Waals surface area contributed by atoms with Gasteiger partial charge in [0.05, 0.1) is 6.04 Å². The molecule has 1 aliphatic carbocycles. The summed E-state index contributed by atoms with van der Waals surface area (Å²) < 4.78 is 0. The van der Waals surface area contributed by atoms with Crippen LogP contribution in [0.15, 0.2) is 65.5 Å². The standard InChI is InChI=1S/C25H27N3O2/c1-25(2,3)22(18-13-11-17(12-14-18)16-9-10-16)28-24(30)20-15-21(29)27-23(26-20)19-7-5-4-6-8-19/h4-8,11-16,22H,9-10H2,1-3H3,(H,28,30)(H,26,27,29). The van der Waals surface area contributed by atoms with E-state index in [1.54, 1.807) is 0 Å². The molecule has 3 aromatic rings. The molecule has 1 fully saturated rings. The lowest BCUT2D eigenvalue weighted by Crippen LogP contribution is -2.37. The number of amides is 1. The van der Waals surface area contributed by atoms with Crippen molar-refractivity contribution in [2.45, 2.75) is 45.6 Å². The van der Waals surface area contributed by atoms with E-state index in [2.05, 4.69) is 60.3 Å². The number of H-pyrrole nitrogens is 1. The minimum absolute atomic E-state index is 0.112. The molecule has 1 aromatic heterocycles. The molecule has 1 heterocycles. The maximum atomic E-state index is 13.1. The number of nitrogens with zero attached hydrogens (tertiary/aromatic N) is 1. The third kappa shape index (κ3) is 4.51.